The molecule has 0 saturated heterocycles. The number of benzene rings is 2. The number of unbranched alkanes of at least 4 members (excludes halogenated alkanes) is 2. The van der Waals surface area contributed by atoms with Crippen molar-refractivity contribution in [2.24, 2.45) is 0 Å². The van der Waals surface area contributed by atoms with E-state index in [1.807, 2.05) is 23.1 Å². The van der Waals surface area contributed by atoms with Crippen LogP contribution in [-0.4, -0.2) is 25.5 Å². The van der Waals surface area contributed by atoms with Gasteiger partial charge in [0.05, 0.1) is 6.42 Å². The lowest BCUT2D eigenvalue weighted by Gasteiger charge is -2.17. The highest BCUT2D eigenvalue weighted by atomic mass is 16.2. The maximum atomic E-state index is 12.4. The SMILES string of the molecule is CCNCCCCCN1C(=O)Cc2cc(-c3ccccc3)ccc21. The van der Waals surface area contributed by atoms with E-state index in [0.717, 1.165) is 43.7 Å². The molecule has 1 heterocycles. The molecule has 1 N–H and O–H groups in total. The quantitative estimate of drug-likeness (QED) is 0.744. The molecule has 24 heavy (non-hydrogen) atoms. The molecule has 0 fully saturated rings. The average Bonchev–Trinajstić information content (AvgIpc) is 2.93. The summed E-state index contributed by atoms with van der Waals surface area (Å²) < 4.78 is 0. The van der Waals surface area contributed by atoms with E-state index in [9.17, 15) is 4.79 Å². The summed E-state index contributed by atoms with van der Waals surface area (Å²) in [4.78, 5) is 14.3. The summed E-state index contributed by atoms with van der Waals surface area (Å²) in [5, 5.41) is 3.34. The zero-order valence-corrected chi connectivity index (χ0v) is 14.4. The molecule has 126 valence electrons. The van der Waals surface area contributed by atoms with E-state index < -0.39 is 0 Å². The van der Waals surface area contributed by atoms with Crippen LogP contribution in [0.25, 0.3) is 11.1 Å². The monoisotopic (exact) mass is 322 g/mol. The molecule has 0 bridgehead atoms. The van der Waals surface area contributed by atoms with Crippen LogP contribution in [0.1, 0.15) is 31.7 Å². The van der Waals surface area contributed by atoms with E-state index in [2.05, 4.69) is 42.6 Å². The molecule has 0 aliphatic carbocycles. The Balaban J connectivity index is 1.63. The Kier molecular flexibility index (Phi) is 5.65. The molecule has 2 aromatic carbocycles. The third kappa shape index (κ3) is 3.85. The summed E-state index contributed by atoms with van der Waals surface area (Å²) in [6.45, 7) is 5.06. The van der Waals surface area contributed by atoms with Gasteiger partial charge in [0.1, 0.15) is 0 Å². The first-order valence-corrected chi connectivity index (χ1v) is 8.99. The number of hydrogen-bond donors (Lipinski definition) is 1. The van der Waals surface area contributed by atoms with Crippen molar-refractivity contribution in [2.45, 2.75) is 32.6 Å². The lowest BCUT2D eigenvalue weighted by atomic mass is 10.0. The molecule has 1 aliphatic heterocycles. The van der Waals surface area contributed by atoms with Crippen LogP contribution in [0.2, 0.25) is 0 Å². The van der Waals surface area contributed by atoms with Crippen molar-refractivity contribution >= 4 is 11.6 Å². The second-order valence-electron chi connectivity index (χ2n) is 6.35. The van der Waals surface area contributed by atoms with Crippen LogP contribution in [-0.2, 0) is 11.2 Å². The number of carbonyl (C=O) groups is 1. The zero-order chi connectivity index (χ0) is 16.8. The second-order valence-corrected chi connectivity index (χ2v) is 6.35. The fourth-order valence-corrected chi connectivity index (χ4v) is 3.31. The predicted molar refractivity (Wildman–Crippen MR) is 100 cm³/mol. The van der Waals surface area contributed by atoms with E-state index >= 15 is 0 Å². The average molecular weight is 322 g/mol. The van der Waals surface area contributed by atoms with Crippen LogP contribution < -0.4 is 10.2 Å². The first-order valence-electron chi connectivity index (χ1n) is 8.99. The van der Waals surface area contributed by atoms with Crippen LogP contribution in [0.15, 0.2) is 48.5 Å². The Morgan fingerprint density at radius 2 is 1.83 bits per heavy atom. The van der Waals surface area contributed by atoms with E-state index in [0.29, 0.717) is 6.42 Å². The van der Waals surface area contributed by atoms with Crippen molar-refractivity contribution in [1.29, 1.82) is 0 Å². The molecule has 1 amide bonds. The first kappa shape index (κ1) is 16.7. The van der Waals surface area contributed by atoms with Crippen LogP contribution in [0.4, 0.5) is 5.69 Å². The second kappa shape index (κ2) is 8.11. The molecule has 0 saturated carbocycles. The van der Waals surface area contributed by atoms with Gasteiger partial charge in [0.25, 0.3) is 0 Å². The maximum absolute atomic E-state index is 12.4. The molecule has 0 spiro atoms. The van der Waals surface area contributed by atoms with Crippen molar-refractivity contribution < 1.29 is 4.79 Å². The number of nitrogens with zero attached hydrogens (tertiary/aromatic N) is 1. The van der Waals surface area contributed by atoms with E-state index in [-0.39, 0.29) is 5.91 Å². The summed E-state index contributed by atoms with van der Waals surface area (Å²) in [7, 11) is 0. The van der Waals surface area contributed by atoms with Crippen molar-refractivity contribution in [3.63, 3.8) is 0 Å². The molecular formula is C21H26N2O. The minimum atomic E-state index is 0.238. The summed E-state index contributed by atoms with van der Waals surface area (Å²) in [5.41, 5.74) is 4.66. The van der Waals surface area contributed by atoms with Crippen LogP contribution in [0.3, 0.4) is 0 Å². The van der Waals surface area contributed by atoms with Gasteiger partial charge in [-0.2, -0.15) is 0 Å². The molecule has 3 heteroatoms. The molecule has 0 radical (unpaired) electrons. The lowest BCUT2D eigenvalue weighted by molar-refractivity contribution is -0.117. The standard InChI is InChI=1S/C21H26N2O/c1-2-22-13-7-4-8-14-23-20-12-11-18(15-19(20)16-21(23)24)17-9-5-3-6-10-17/h3,5-6,9-12,15,22H,2,4,7-8,13-14,16H2,1H3. The number of rotatable bonds is 8. The predicted octanol–water partition coefficient (Wildman–Crippen LogP) is 4.02. The highest BCUT2D eigenvalue weighted by Gasteiger charge is 2.26. The summed E-state index contributed by atoms with van der Waals surface area (Å²) in [6, 6.07) is 16.8. The third-order valence-corrected chi connectivity index (χ3v) is 4.61. The fraction of sp³-hybridized carbons (Fsp3) is 0.381. The van der Waals surface area contributed by atoms with Crippen molar-refractivity contribution in [1.82, 2.24) is 5.32 Å². The highest BCUT2D eigenvalue weighted by Crippen LogP contribution is 2.33. The number of carbonyl (C=O) groups excluding carboxylic acids is 1. The molecule has 1 aliphatic rings. The molecule has 0 aromatic heterocycles. The lowest BCUT2D eigenvalue weighted by Crippen LogP contribution is -2.27. The van der Waals surface area contributed by atoms with Gasteiger partial charge in [-0.05, 0) is 54.8 Å². The number of anilines is 1. The molecule has 2 aromatic rings. The molecule has 0 unspecified atom stereocenters. The number of nitrogens with one attached hydrogen (secondary N) is 1. The Hall–Kier alpha value is -2.13. The van der Waals surface area contributed by atoms with Gasteiger partial charge in [-0.15, -0.1) is 0 Å². The van der Waals surface area contributed by atoms with E-state index in [1.165, 1.54) is 17.5 Å². The van der Waals surface area contributed by atoms with Gasteiger partial charge in [-0.25, -0.2) is 0 Å². The van der Waals surface area contributed by atoms with Gasteiger partial charge >= 0.3 is 0 Å². The maximum Gasteiger partial charge on any atom is 0.231 e. The summed E-state index contributed by atoms with van der Waals surface area (Å²) in [5.74, 6) is 0.238. The number of hydrogen-bond acceptors (Lipinski definition) is 2. The van der Waals surface area contributed by atoms with E-state index in [1.54, 1.807) is 0 Å². The first-order chi connectivity index (χ1) is 11.8. The fourth-order valence-electron chi connectivity index (χ4n) is 3.31. The van der Waals surface area contributed by atoms with Gasteiger partial charge in [0, 0.05) is 12.2 Å². The molecular weight excluding hydrogens is 296 g/mol. The largest absolute Gasteiger partial charge is 0.317 e. The van der Waals surface area contributed by atoms with Gasteiger partial charge in [0.15, 0.2) is 0 Å². The van der Waals surface area contributed by atoms with Crippen LogP contribution >= 0.6 is 0 Å². The zero-order valence-electron chi connectivity index (χ0n) is 14.4. The Morgan fingerprint density at radius 1 is 1.00 bits per heavy atom. The van der Waals surface area contributed by atoms with Crippen LogP contribution in [0, 0.1) is 0 Å². The topological polar surface area (TPSA) is 32.3 Å². The van der Waals surface area contributed by atoms with Gasteiger partial charge in [-0.1, -0.05) is 49.7 Å². The number of fused-ring (bicyclic) bond motifs is 1. The molecule has 0 atom stereocenters. The third-order valence-electron chi connectivity index (χ3n) is 4.61. The Bertz CT molecular complexity index is 681. The smallest absolute Gasteiger partial charge is 0.231 e. The molecule has 3 nitrogen and oxygen atoms in total. The van der Waals surface area contributed by atoms with Crippen LogP contribution in [0.5, 0.6) is 0 Å². The van der Waals surface area contributed by atoms with Gasteiger partial charge in [0.2, 0.25) is 5.91 Å². The van der Waals surface area contributed by atoms with E-state index in [4.69, 9.17) is 0 Å². The summed E-state index contributed by atoms with van der Waals surface area (Å²) >= 11 is 0. The van der Waals surface area contributed by atoms with Gasteiger partial charge < -0.3 is 10.2 Å². The Labute approximate surface area is 144 Å². The normalized spacial score (nSPS) is 13.4. The molecule has 3 rings (SSSR count). The minimum absolute atomic E-state index is 0.238. The summed E-state index contributed by atoms with van der Waals surface area (Å²) in [6.07, 6.45) is 3.94. The number of amides is 1. The van der Waals surface area contributed by atoms with Crippen molar-refractivity contribution in [2.75, 3.05) is 24.5 Å². The Morgan fingerprint density at radius 3 is 2.62 bits per heavy atom. The van der Waals surface area contributed by atoms with Gasteiger partial charge in [-0.3, -0.25) is 4.79 Å². The minimum Gasteiger partial charge on any atom is -0.317 e. The van der Waals surface area contributed by atoms with Crippen molar-refractivity contribution in [3.8, 4) is 11.1 Å². The highest BCUT2D eigenvalue weighted by molar-refractivity contribution is 6.01. The van der Waals surface area contributed by atoms with Crippen molar-refractivity contribution in [3.05, 3.63) is 54.1 Å².